The standard InChI is InChI=1S/C22H34N4O3S/c1-4-30(28)17-9-7-8-16(14-17)24-22(23-15-21(27)26(2)3)25-19-12-13-29-20-11-6-5-10-18(19)20/h5-6,10-11,16-17,19H,4,7-9,12-15H2,1-3H3,(H2,23,24,25). The lowest BCUT2D eigenvalue weighted by Crippen LogP contribution is -2.48. The summed E-state index contributed by atoms with van der Waals surface area (Å²) in [6.07, 6.45) is 4.78. The van der Waals surface area contributed by atoms with Gasteiger partial charge in [0.05, 0.1) is 12.6 Å². The van der Waals surface area contributed by atoms with E-state index in [1.807, 2.05) is 25.1 Å². The summed E-state index contributed by atoms with van der Waals surface area (Å²) in [6, 6.07) is 8.30. The van der Waals surface area contributed by atoms with E-state index in [-0.39, 0.29) is 29.8 Å². The number of carbonyl (C=O) groups excluding carboxylic acids is 1. The first-order valence-corrected chi connectivity index (χ1v) is 12.2. The summed E-state index contributed by atoms with van der Waals surface area (Å²) < 4.78 is 18.1. The minimum Gasteiger partial charge on any atom is -0.493 e. The molecule has 1 aliphatic heterocycles. The Bertz CT molecular complexity index is 783. The lowest BCUT2D eigenvalue weighted by atomic mass is 9.95. The number of fused-ring (bicyclic) bond motifs is 1. The molecule has 2 N–H and O–H groups in total. The Balaban J connectivity index is 1.73. The van der Waals surface area contributed by atoms with E-state index >= 15 is 0 Å². The largest absolute Gasteiger partial charge is 0.493 e. The van der Waals surface area contributed by atoms with Crippen LogP contribution in [0.15, 0.2) is 29.3 Å². The lowest BCUT2D eigenvalue weighted by molar-refractivity contribution is -0.127. The van der Waals surface area contributed by atoms with E-state index < -0.39 is 10.8 Å². The Morgan fingerprint density at radius 1 is 1.23 bits per heavy atom. The van der Waals surface area contributed by atoms with Crippen molar-refractivity contribution in [1.29, 1.82) is 0 Å². The molecule has 7 nitrogen and oxygen atoms in total. The number of ether oxygens (including phenoxy) is 1. The van der Waals surface area contributed by atoms with Crippen molar-refractivity contribution in [3.05, 3.63) is 29.8 Å². The van der Waals surface area contributed by atoms with Crippen molar-refractivity contribution in [2.75, 3.05) is 33.0 Å². The SMILES string of the molecule is CCS(=O)C1CCCC(NC(=NCC(=O)N(C)C)NC2CCOc3ccccc32)C1. The van der Waals surface area contributed by atoms with Crippen molar-refractivity contribution in [2.45, 2.75) is 56.4 Å². The van der Waals surface area contributed by atoms with Crippen LogP contribution in [-0.4, -0.2) is 65.3 Å². The molecule has 1 fully saturated rings. The molecule has 0 aromatic heterocycles. The summed E-state index contributed by atoms with van der Waals surface area (Å²) >= 11 is 0. The number of carbonyl (C=O) groups is 1. The predicted molar refractivity (Wildman–Crippen MR) is 121 cm³/mol. The molecule has 1 amide bonds. The molecule has 4 unspecified atom stereocenters. The van der Waals surface area contributed by atoms with Crippen molar-refractivity contribution in [2.24, 2.45) is 4.99 Å². The summed E-state index contributed by atoms with van der Waals surface area (Å²) in [7, 11) is 2.69. The first-order chi connectivity index (χ1) is 14.5. The Morgan fingerprint density at radius 3 is 2.80 bits per heavy atom. The molecular formula is C22H34N4O3S. The average molecular weight is 435 g/mol. The van der Waals surface area contributed by atoms with Gasteiger partial charge >= 0.3 is 0 Å². The van der Waals surface area contributed by atoms with Crippen LogP contribution in [-0.2, 0) is 15.6 Å². The van der Waals surface area contributed by atoms with Crippen LogP contribution in [0.4, 0.5) is 0 Å². The van der Waals surface area contributed by atoms with Crippen molar-refractivity contribution >= 4 is 22.7 Å². The Kier molecular flexibility index (Phi) is 8.13. The minimum absolute atomic E-state index is 0.0444. The molecule has 1 saturated carbocycles. The molecule has 0 bridgehead atoms. The quantitative estimate of drug-likeness (QED) is 0.530. The third-order valence-electron chi connectivity index (χ3n) is 5.76. The van der Waals surface area contributed by atoms with E-state index in [0.29, 0.717) is 18.3 Å². The number of para-hydroxylation sites is 1. The highest BCUT2D eigenvalue weighted by molar-refractivity contribution is 7.85. The monoisotopic (exact) mass is 434 g/mol. The molecule has 1 aliphatic carbocycles. The molecule has 2 aliphatic rings. The summed E-state index contributed by atoms with van der Waals surface area (Å²) in [6.45, 7) is 2.71. The molecule has 30 heavy (non-hydrogen) atoms. The zero-order chi connectivity index (χ0) is 21.5. The third-order valence-corrected chi connectivity index (χ3v) is 7.50. The number of nitrogens with one attached hydrogen (secondary N) is 2. The average Bonchev–Trinajstić information content (AvgIpc) is 2.77. The highest BCUT2D eigenvalue weighted by atomic mass is 32.2. The van der Waals surface area contributed by atoms with Crippen LogP contribution in [0.2, 0.25) is 0 Å². The van der Waals surface area contributed by atoms with Gasteiger partial charge < -0.3 is 20.3 Å². The number of hydrogen-bond donors (Lipinski definition) is 2. The van der Waals surface area contributed by atoms with Gasteiger partial charge in [-0.3, -0.25) is 9.00 Å². The number of guanidine groups is 1. The van der Waals surface area contributed by atoms with Gasteiger partial charge in [0.1, 0.15) is 12.3 Å². The fourth-order valence-electron chi connectivity index (χ4n) is 4.02. The van der Waals surface area contributed by atoms with Gasteiger partial charge in [-0.15, -0.1) is 0 Å². The van der Waals surface area contributed by atoms with Gasteiger partial charge in [0, 0.05) is 53.9 Å². The van der Waals surface area contributed by atoms with E-state index in [1.54, 1.807) is 19.0 Å². The maximum absolute atomic E-state index is 12.3. The van der Waals surface area contributed by atoms with Gasteiger partial charge in [-0.05, 0) is 25.3 Å². The second-order valence-corrected chi connectivity index (χ2v) is 10.1. The minimum atomic E-state index is -0.780. The van der Waals surface area contributed by atoms with Gasteiger partial charge in [0.15, 0.2) is 5.96 Å². The fourth-order valence-corrected chi connectivity index (χ4v) is 5.37. The number of aliphatic imine (C=N–C) groups is 1. The molecule has 8 heteroatoms. The van der Waals surface area contributed by atoms with E-state index in [1.165, 1.54) is 0 Å². The number of rotatable bonds is 6. The summed E-state index contributed by atoms with van der Waals surface area (Å²) in [4.78, 5) is 18.2. The van der Waals surface area contributed by atoms with Crippen LogP contribution in [0, 0.1) is 0 Å². The van der Waals surface area contributed by atoms with Gasteiger partial charge in [0.2, 0.25) is 5.91 Å². The number of amides is 1. The molecule has 1 aromatic rings. The summed E-state index contributed by atoms with van der Waals surface area (Å²) in [5.74, 6) is 2.19. The fraction of sp³-hybridized carbons (Fsp3) is 0.636. The maximum Gasteiger partial charge on any atom is 0.243 e. The molecule has 0 saturated heterocycles. The molecule has 3 rings (SSSR count). The Morgan fingerprint density at radius 2 is 2.03 bits per heavy atom. The van der Waals surface area contributed by atoms with E-state index in [0.717, 1.165) is 43.4 Å². The van der Waals surface area contributed by atoms with E-state index in [9.17, 15) is 9.00 Å². The number of hydrogen-bond acceptors (Lipinski definition) is 4. The van der Waals surface area contributed by atoms with Gasteiger partial charge in [-0.2, -0.15) is 0 Å². The molecule has 166 valence electrons. The van der Waals surface area contributed by atoms with Crippen LogP contribution in [0.3, 0.4) is 0 Å². The lowest BCUT2D eigenvalue weighted by Gasteiger charge is -2.32. The van der Waals surface area contributed by atoms with E-state index in [2.05, 4.69) is 21.7 Å². The number of benzene rings is 1. The van der Waals surface area contributed by atoms with Gasteiger partial charge in [-0.1, -0.05) is 31.5 Å². The molecular weight excluding hydrogens is 400 g/mol. The van der Waals surface area contributed by atoms with Crippen molar-refractivity contribution in [1.82, 2.24) is 15.5 Å². The van der Waals surface area contributed by atoms with Crippen LogP contribution >= 0.6 is 0 Å². The number of likely N-dealkylation sites (N-methyl/N-ethyl adjacent to an activating group) is 1. The van der Waals surface area contributed by atoms with Crippen LogP contribution in [0.1, 0.15) is 50.6 Å². The van der Waals surface area contributed by atoms with Crippen LogP contribution in [0.25, 0.3) is 0 Å². The van der Waals surface area contributed by atoms with Crippen LogP contribution < -0.4 is 15.4 Å². The first kappa shape index (κ1) is 22.6. The molecule has 0 spiro atoms. The predicted octanol–water partition coefficient (Wildman–Crippen LogP) is 2.21. The summed E-state index contributed by atoms with van der Waals surface area (Å²) in [5.41, 5.74) is 1.10. The highest BCUT2D eigenvalue weighted by Crippen LogP contribution is 2.31. The zero-order valence-corrected chi connectivity index (χ0v) is 19.0. The van der Waals surface area contributed by atoms with E-state index in [4.69, 9.17) is 4.74 Å². The molecule has 1 aromatic carbocycles. The normalized spacial score (nSPS) is 24.9. The van der Waals surface area contributed by atoms with Gasteiger partial charge in [0.25, 0.3) is 0 Å². The molecule has 0 radical (unpaired) electrons. The maximum atomic E-state index is 12.3. The second-order valence-electron chi connectivity index (χ2n) is 8.12. The first-order valence-electron chi connectivity index (χ1n) is 10.8. The highest BCUT2D eigenvalue weighted by Gasteiger charge is 2.28. The van der Waals surface area contributed by atoms with Crippen molar-refractivity contribution < 1.29 is 13.7 Å². The van der Waals surface area contributed by atoms with Gasteiger partial charge in [-0.25, -0.2) is 4.99 Å². The number of nitrogens with zero attached hydrogens (tertiary/aromatic N) is 2. The Labute approximate surface area is 182 Å². The molecule has 1 heterocycles. The zero-order valence-electron chi connectivity index (χ0n) is 18.2. The van der Waals surface area contributed by atoms with Crippen LogP contribution in [0.5, 0.6) is 5.75 Å². The third kappa shape index (κ3) is 5.97. The molecule has 4 atom stereocenters. The summed E-state index contributed by atoms with van der Waals surface area (Å²) in [5, 5.41) is 7.29. The van der Waals surface area contributed by atoms with Crippen molar-refractivity contribution in [3.63, 3.8) is 0 Å². The van der Waals surface area contributed by atoms with Crippen molar-refractivity contribution in [3.8, 4) is 5.75 Å². The Hall–Kier alpha value is -2.09. The smallest absolute Gasteiger partial charge is 0.243 e. The second kappa shape index (κ2) is 10.8. The topological polar surface area (TPSA) is 83.0 Å².